The SMILES string of the molecule is Nc1ccn([C@@H]2O[C@@](COP3(=O)OCc4ccccc4O3)(C(F)F)[C@@H](O)[C@@H]2O)c(=O)n1. The second kappa shape index (κ2) is 7.93. The summed E-state index contributed by atoms with van der Waals surface area (Å²) in [4.78, 5) is 15.5. The third-order valence-electron chi connectivity index (χ3n) is 4.96. The maximum absolute atomic E-state index is 14.0. The van der Waals surface area contributed by atoms with Gasteiger partial charge in [0.2, 0.25) is 0 Å². The lowest BCUT2D eigenvalue weighted by molar-refractivity contribution is -0.194. The summed E-state index contributed by atoms with van der Waals surface area (Å²) in [5.74, 6) is 0.0520. The number of phosphoric acid groups is 1. The number of aliphatic hydroxyl groups excluding tert-OH is 2. The van der Waals surface area contributed by atoms with Crippen LogP contribution in [0, 0.1) is 0 Å². The number of halogens is 2. The molecule has 0 aliphatic carbocycles. The number of nitrogens with two attached hydrogens (primary N) is 1. The first-order valence-electron chi connectivity index (χ1n) is 8.98. The number of alkyl halides is 2. The Hall–Kier alpha value is -2.41. The van der Waals surface area contributed by atoms with Crippen LogP contribution < -0.4 is 15.9 Å². The fourth-order valence-electron chi connectivity index (χ4n) is 3.26. The Kier molecular flexibility index (Phi) is 5.58. The van der Waals surface area contributed by atoms with Crippen LogP contribution >= 0.6 is 7.82 Å². The zero-order valence-electron chi connectivity index (χ0n) is 15.7. The van der Waals surface area contributed by atoms with E-state index >= 15 is 0 Å². The molecule has 2 aliphatic rings. The number of hydrogen-bond acceptors (Lipinski definition) is 10. The number of anilines is 1. The summed E-state index contributed by atoms with van der Waals surface area (Å²) in [6.45, 7) is -1.33. The summed E-state index contributed by atoms with van der Waals surface area (Å²) in [6, 6.07) is 7.65. The number of benzene rings is 1. The van der Waals surface area contributed by atoms with Crippen molar-refractivity contribution in [3.8, 4) is 5.75 Å². The van der Waals surface area contributed by atoms with E-state index < -0.39 is 50.6 Å². The largest absolute Gasteiger partial charge is 0.530 e. The molecule has 4 rings (SSSR count). The van der Waals surface area contributed by atoms with Crippen molar-refractivity contribution >= 4 is 13.6 Å². The summed E-state index contributed by atoms with van der Waals surface area (Å²) in [5.41, 5.74) is 2.13. The molecule has 1 unspecified atom stereocenters. The van der Waals surface area contributed by atoms with E-state index in [0.717, 1.165) is 6.20 Å². The predicted octanol–water partition coefficient (Wildman–Crippen LogP) is 0.814. The van der Waals surface area contributed by atoms with Gasteiger partial charge in [-0.05, 0) is 12.1 Å². The highest BCUT2D eigenvalue weighted by Crippen LogP contribution is 2.56. The number of aliphatic hydroxyl groups is 2. The van der Waals surface area contributed by atoms with Gasteiger partial charge in [0.25, 0.3) is 6.43 Å². The van der Waals surface area contributed by atoms with Crippen LogP contribution in [-0.2, 0) is 25.0 Å². The van der Waals surface area contributed by atoms with Gasteiger partial charge in [0, 0.05) is 11.8 Å². The van der Waals surface area contributed by atoms with Gasteiger partial charge in [-0.3, -0.25) is 13.6 Å². The standard InChI is InChI=1S/C17H18F2N3O8P/c18-15(19)17(8-28-31(26)27-7-9-3-1-2-4-10(9)30-31)13(24)12(23)14(29-17)22-6-5-11(20)21-16(22)25/h1-6,12-15,23-24H,7-8H2,(H2,20,21,25)/t12-,13-,14+,17+,31?/m0/s1. The molecule has 0 radical (unpaired) electrons. The smallest absolute Gasteiger partial charge is 0.404 e. The molecule has 0 bridgehead atoms. The van der Waals surface area contributed by atoms with Gasteiger partial charge in [0.15, 0.2) is 11.8 Å². The van der Waals surface area contributed by atoms with Crippen LogP contribution in [0.4, 0.5) is 14.6 Å². The number of fused-ring (bicyclic) bond motifs is 1. The third-order valence-corrected chi connectivity index (χ3v) is 6.27. The maximum atomic E-state index is 14.0. The molecule has 11 nitrogen and oxygen atoms in total. The first-order valence-corrected chi connectivity index (χ1v) is 10.4. The molecule has 31 heavy (non-hydrogen) atoms. The summed E-state index contributed by atoms with van der Waals surface area (Å²) in [5, 5.41) is 20.7. The van der Waals surface area contributed by atoms with Crippen molar-refractivity contribution in [3.05, 3.63) is 52.6 Å². The van der Waals surface area contributed by atoms with E-state index in [2.05, 4.69) is 4.98 Å². The van der Waals surface area contributed by atoms with Crippen molar-refractivity contribution in [2.24, 2.45) is 0 Å². The Morgan fingerprint density at radius 2 is 2.10 bits per heavy atom. The Morgan fingerprint density at radius 3 is 2.81 bits per heavy atom. The topological polar surface area (TPSA) is 155 Å². The molecule has 1 fully saturated rings. The molecular weight excluding hydrogens is 443 g/mol. The second-order valence-electron chi connectivity index (χ2n) is 6.93. The molecule has 0 amide bonds. The number of rotatable bonds is 5. The molecule has 168 valence electrons. The minimum absolute atomic E-state index is 0.136. The van der Waals surface area contributed by atoms with Crippen molar-refractivity contribution in [1.29, 1.82) is 0 Å². The van der Waals surface area contributed by atoms with Gasteiger partial charge in [-0.15, -0.1) is 0 Å². The van der Waals surface area contributed by atoms with Crippen LogP contribution in [-0.4, -0.2) is 50.6 Å². The van der Waals surface area contributed by atoms with Gasteiger partial charge in [0.1, 0.15) is 23.8 Å². The molecule has 1 aromatic heterocycles. The van der Waals surface area contributed by atoms with Crippen molar-refractivity contribution in [2.75, 3.05) is 12.3 Å². The van der Waals surface area contributed by atoms with Crippen LogP contribution in [0.1, 0.15) is 11.8 Å². The highest BCUT2D eigenvalue weighted by atomic mass is 31.2. The average Bonchev–Trinajstić information content (AvgIpc) is 2.98. The minimum atomic E-state index is -4.34. The third kappa shape index (κ3) is 3.84. The highest BCUT2D eigenvalue weighted by Gasteiger charge is 2.61. The van der Waals surface area contributed by atoms with Gasteiger partial charge in [-0.2, -0.15) is 4.98 Å². The summed E-state index contributed by atoms with van der Waals surface area (Å²) >= 11 is 0. The highest BCUT2D eigenvalue weighted by molar-refractivity contribution is 7.49. The molecule has 0 saturated carbocycles. The quantitative estimate of drug-likeness (QED) is 0.545. The molecule has 0 spiro atoms. The normalized spacial score (nSPS) is 32.6. The van der Waals surface area contributed by atoms with Crippen molar-refractivity contribution in [2.45, 2.75) is 37.1 Å². The Morgan fingerprint density at radius 1 is 1.35 bits per heavy atom. The lowest BCUT2D eigenvalue weighted by atomic mass is 9.96. The first-order chi connectivity index (χ1) is 14.7. The van der Waals surface area contributed by atoms with Gasteiger partial charge < -0.3 is 25.2 Å². The second-order valence-corrected chi connectivity index (χ2v) is 8.53. The fourth-order valence-corrected chi connectivity index (χ4v) is 4.52. The van der Waals surface area contributed by atoms with Gasteiger partial charge in [0.05, 0.1) is 13.2 Å². The van der Waals surface area contributed by atoms with E-state index in [9.17, 15) is 28.4 Å². The number of para-hydroxylation sites is 1. The fraction of sp³-hybridized carbons (Fsp3) is 0.412. The number of nitrogen functional groups attached to an aromatic ring is 1. The molecule has 2 aromatic rings. The van der Waals surface area contributed by atoms with Crippen LogP contribution in [0.25, 0.3) is 0 Å². The van der Waals surface area contributed by atoms with Crippen LogP contribution in [0.3, 0.4) is 0 Å². The molecule has 4 N–H and O–H groups in total. The van der Waals surface area contributed by atoms with E-state index in [4.69, 9.17) is 24.0 Å². The van der Waals surface area contributed by atoms with E-state index in [0.29, 0.717) is 10.1 Å². The molecular formula is C17H18F2N3O8P. The first kappa shape index (κ1) is 21.8. The zero-order chi connectivity index (χ0) is 22.4. The zero-order valence-corrected chi connectivity index (χ0v) is 16.6. The number of phosphoric ester groups is 1. The minimum Gasteiger partial charge on any atom is -0.404 e. The lowest BCUT2D eigenvalue weighted by Gasteiger charge is -2.32. The maximum Gasteiger partial charge on any atom is 0.530 e. The predicted molar refractivity (Wildman–Crippen MR) is 99.2 cm³/mol. The van der Waals surface area contributed by atoms with E-state index in [1.165, 1.54) is 12.1 Å². The van der Waals surface area contributed by atoms with Crippen molar-refractivity contribution in [3.63, 3.8) is 0 Å². The van der Waals surface area contributed by atoms with Gasteiger partial charge in [-0.25, -0.2) is 18.1 Å². The van der Waals surface area contributed by atoms with E-state index in [-0.39, 0.29) is 18.2 Å². The summed E-state index contributed by atoms with van der Waals surface area (Å²) < 4.78 is 62.0. The summed E-state index contributed by atoms with van der Waals surface area (Å²) in [6.07, 6.45) is -8.26. The molecule has 1 saturated heterocycles. The summed E-state index contributed by atoms with van der Waals surface area (Å²) in [7, 11) is -4.34. The molecule has 14 heteroatoms. The number of nitrogens with zero attached hydrogens (tertiary/aromatic N) is 2. The van der Waals surface area contributed by atoms with Crippen LogP contribution in [0.15, 0.2) is 41.3 Å². The van der Waals surface area contributed by atoms with Gasteiger partial charge in [-0.1, -0.05) is 18.2 Å². The average molecular weight is 461 g/mol. The molecule has 2 aliphatic heterocycles. The number of ether oxygens (including phenoxy) is 1. The van der Waals surface area contributed by atoms with Crippen molar-refractivity contribution < 1.29 is 41.9 Å². The van der Waals surface area contributed by atoms with Crippen LogP contribution in [0.5, 0.6) is 5.75 Å². The van der Waals surface area contributed by atoms with E-state index in [1.807, 2.05) is 0 Å². The Labute approximate surface area is 173 Å². The monoisotopic (exact) mass is 461 g/mol. The lowest BCUT2D eigenvalue weighted by Crippen LogP contribution is -2.52. The Bertz CT molecular complexity index is 1090. The molecule has 3 heterocycles. The Balaban J connectivity index is 1.58. The van der Waals surface area contributed by atoms with E-state index in [1.54, 1.807) is 18.2 Å². The van der Waals surface area contributed by atoms with Gasteiger partial charge >= 0.3 is 13.5 Å². The number of aromatic nitrogens is 2. The molecule has 1 aromatic carbocycles. The molecule has 5 atom stereocenters. The van der Waals surface area contributed by atoms with Crippen molar-refractivity contribution in [1.82, 2.24) is 9.55 Å². The van der Waals surface area contributed by atoms with Crippen LogP contribution in [0.2, 0.25) is 0 Å². The number of hydrogen-bond donors (Lipinski definition) is 3.